The minimum absolute atomic E-state index is 0.0778. The Morgan fingerprint density at radius 3 is 2.48 bits per heavy atom. The first kappa shape index (κ1) is 32.9. The second-order valence-electron chi connectivity index (χ2n) is 10.6. The lowest BCUT2D eigenvalue weighted by Gasteiger charge is -2.27. The van der Waals surface area contributed by atoms with E-state index in [0.717, 1.165) is 49.8 Å². The molecule has 0 aromatic heterocycles. The summed E-state index contributed by atoms with van der Waals surface area (Å²) in [5.41, 5.74) is 1.07. The molecule has 0 bridgehead atoms. The monoisotopic (exact) mass is 592 g/mol. The van der Waals surface area contributed by atoms with Gasteiger partial charge in [0.2, 0.25) is 11.8 Å². The van der Waals surface area contributed by atoms with Crippen molar-refractivity contribution >= 4 is 35.4 Å². The second-order valence-corrected chi connectivity index (χ2v) is 10.6. The number of alkyl carbamates (subject to hydrolysis) is 1. The third-order valence-electron chi connectivity index (χ3n) is 6.66. The van der Waals surface area contributed by atoms with E-state index in [0.29, 0.717) is 12.2 Å². The molecule has 2 unspecified atom stereocenters. The van der Waals surface area contributed by atoms with E-state index in [-0.39, 0.29) is 43.1 Å². The minimum atomic E-state index is -1.71. The van der Waals surface area contributed by atoms with Crippen molar-refractivity contribution in [1.29, 1.82) is 0 Å². The lowest BCUT2D eigenvalue weighted by molar-refractivity contribution is -0.546. The molecule has 0 radical (unpaired) electrons. The highest BCUT2D eigenvalue weighted by Gasteiger charge is 2.45. The first-order chi connectivity index (χ1) is 20.2. The van der Waals surface area contributed by atoms with Gasteiger partial charge in [0.15, 0.2) is 0 Å². The number of benzene rings is 1. The van der Waals surface area contributed by atoms with Crippen molar-refractivity contribution in [2.45, 2.75) is 84.1 Å². The standard InChI is InChI=1S/C28H40N4O10/c1-18(2)17-39-27(37)31-28(38)41-42-40-16-9-7-5-3-4-6-8-15-29-20-12-10-11-19-23(20)26(36)32(25(19)35)21-13-14-22(33)30-24(21)34/h10-12,18,21,28-29,38H,3-9,13-17H2,1-2H3,(H,31,37)(H,30,33,34). The highest BCUT2D eigenvalue weighted by molar-refractivity contribution is 6.25. The Hall–Kier alpha value is -3.59. The average Bonchev–Trinajstić information content (AvgIpc) is 3.20. The van der Waals surface area contributed by atoms with Crippen molar-refractivity contribution in [2.75, 3.05) is 25.1 Å². The predicted octanol–water partition coefficient (Wildman–Crippen LogP) is 2.77. The third-order valence-corrected chi connectivity index (χ3v) is 6.66. The number of imide groups is 2. The summed E-state index contributed by atoms with van der Waals surface area (Å²) in [6.45, 7) is 4.86. The van der Waals surface area contributed by atoms with E-state index in [1.807, 2.05) is 19.2 Å². The summed E-state index contributed by atoms with van der Waals surface area (Å²) >= 11 is 0. The second kappa shape index (κ2) is 16.8. The lowest BCUT2D eigenvalue weighted by atomic mass is 10.0. The molecule has 5 amide bonds. The van der Waals surface area contributed by atoms with Crippen LogP contribution < -0.4 is 16.0 Å². The smallest absolute Gasteiger partial charge is 0.411 e. The number of rotatable bonds is 18. The molecule has 42 heavy (non-hydrogen) atoms. The molecule has 3 rings (SSSR count). The molecule has 4 N–H and O–H groups in total. The van der Waals surface area contributed by atoms with Gasteiger partial charge in [-0.15, -0.1) is 0 Å². The van der Waals surface area contributed by atoms with E-state index < -0.39 is 42.2 Å². The van der Waals surface area contributed by atoms with Gasteiger partial charge in [-0.05, 0) is 37.3 Å². The van der Waals surface area contributed by atoms with Crippen molar-refractivity contribution in [2.24, 2.45) is 5.92 Å². The van der Waals surface area contributed by atoms with Crippen LogP contribution in [-0.2, 0) is 29.1 Å². The summed E-state index contributed by atoms with van der Waals surface area (Å²) in [5.74, 6) is -1.92. The van der Waals surface area contributed by atoms with Crippen LogP contribution in [0.4, 0.5) is 10.5 Å². The van der Waals surface area contributed by atoms with Crippen molar-refractivity contribution in [3.05, 3.63) is 29.3 Å². The molecule has 2 heterocycles. The Morgan fingerprint density at radius 2 is 1.76 bits per heavy atom. The first-order valence-electron chi connectivity index (χ1n) is 14.3. The topological polar surface area (TPSA) is 182 Å². The van der Waals surface area contributed by atoms with E-state index in [2.05, 4.69) is 20.6 Å². The molecule has 1 aromatic carbocycles. The van der Waals surface area contributed by atoms with E-state index in [4.69, 9.17) is 9.62 Å². The summed E-state index contributed by atoms with van der Waals surface area (Å²) in [4.78, 5) is 71.4. The molecule has 2 aliphatic heterocycles. The molecule has 0 spiro atoms. The number of aliphatic hydroxyl groups is 1. The molecule has 0 saturated carbocycles. The van der Waals surface area contributed by atoms with Crippen LogP contribution in [0.25, 0.3) is 0 Å². The predicted molar refractivity (Wildman–Crippen MR) is 147 cm³/mol. The zero-order valence-electron chi connectivity index (χ0n) is 24.0. The highest BCUT2D eigenvalue weighted by atomic mass is 17.5. The number of carbonyl (C=O) groups excluding carboxylic acids is 5. The molecule has 1 aromatic rings. The van der Waals surface area contributed by atoms with E-state index >= 15 is 0 Å². The fourth-order valence-corrected chi connectivity index (χ4v) is 4.56. The fraction of sp³-hybridized carbons (Fsp3) is 0.607. The van der Waals surface area contributed by atoms with E-state index in [9.17, 15) is 29.1 Å². The summed E-state index contributed by atoms with van der Waals surface area (Å²) in [5, 5.41) is 21.3. The molecule has 2 aliphatic rings. The molecular weight excluding hydrogens is 552 g/mol. The Balaban J connectivity index is 1.23. The molecule has 1 fully saturated rings. The van der Waals surface area contributed by atoms with Crippen molar-refractivity contribution < 1.29 is 48.6 Å². The number of hydrogen-bond donors (Lipinski definition) is 4. The van der Waals surface area contributed by atoms with Crippen LogP contribution in [-0.4, -0.2) is 71.9 Å². The number of anilines is 1. The highest BCUT2D eigenvalue weighted by Crippen LogP contribution is 2.32. The summed E-state index contributed by atoms with van der Waals surface area (Å²) in [6, 6.07) is 4.03. The quantitative estimate of drug-likeness (QED) is 0.0647. The van der Waals surface area contributed by atoms with Crippen LogP contribution >= 0.6 is 0 Å². The number of fused-ring (bicyclic) bond motifs is 1. The largest absolute Gasteiger partial charge is 0.449 e. The normalized spacial score (nSPS) is 17.3. The van der Waals surface area contributed by atoms with Crippen LogP contribution in [0.2, 0.25) is 0 Å². The SMILES string of the molecule is CC(C)COC(=O)NC(O)OOOCCCCCCCCCNc1cccc2c1C(=O)N(C1CCC(=O)NC1=O)C2=O. The maximum Gasteiger partial charge on any atom is 0.411 e. The first-order valence-corrected chi connectivity index (χ1v) is 14.3. The Kier molecular flexibility index (Phi) is 13.1. The van der Waals surface area contributed by atoms with E-state index in [1.165, 1.54) is 0 Å². The number of nitrogens with one attached hydrogen (secondary N) is 3. The molecule has 0 aliphatic carbocycles. The van der Waals surface area contributed by atoms with Crippen LogP contribution in [0.5, 0.6) is 0 Å². The van der Waals surface area contributed by atoms with Gasteiger partial charge in [0.05, 0.1) is 24.3 Å². The number of nitrogens with zero attached hydrogens (tertiary/aromatic N) is 1. The Bertz CT molecular complexity index is 1110. The number of unbranched alkanes of at least 4 members (excludes halogenated alkanes) is 6. The third kappa shape index (κ3) is 9.76. The lowest BCUT2D eigenvalue weighted by Crippen LogP contribution is -2.54. The van der Waals surface area contributed by atoms with Crippen molar-refractivity contribution in [1.82, 2.24) is 15.5 Å². The molecule has 14 nitrogen and oxygen atoms in total. The number of amides is 5. The number of aliphatic hydroxyl groups excluding tert-OH is 1. The van der Waals surface area contributed by atoms with E-state index in [1.54, 1.807) is 18.2 Å². The van der Waals surface area contributed by atoms with Crippen LogP contribution in [0.3, 0.4) is 0 Å². The summed E-state index contributed by atoms with van der Waals surface area (Å²) < 4.78 is 4.82. The van der Waals surface area contributed by atoms with Crippen LogP contribution in [0.1, 0.15) is 92.4 Å². The van der Waals surface area contributed by atoms with Crippen molar-refractivity contribution in [3.63, 3.8) is 0 Å². The maximum atomic E-state index is 13.1. The molecule has 232 valence electrons. The maximum absolute atomic E-state index is 13.1. The van der Waals surface area contributed by atoms with Gasteiger partial charge in [0.25, 0.3) is 18.2 Å². The van der Waals surface area contributed by atoms with Crippen molar-refractivity contribution in [3.8, 4) is 0 Å². The van der Waals surface area contributed by atoms with Gasteiger partial charge >= 0.3 is 6.09 Å². The minimum Gasteiger partial charge on any atom is -0.449 e. The van der Waals surface area contributed by atoms with Gasteiger partial charge in [-0.2, -0.15) is 4.89 Å². The fourth-order valence-electron chi connectivity index (χ4n) is 4.56. The van der Waals surface area contributed by atoms with Gasteiger partial charge in [0, 0.05) is 18.7 Å². The number of ether oxygens (including phenoxy) is 1. The summed E-state index contributed by atoms with van der Waals surface area (Å²) in [6.07, 6.45) is 4.22. The van der Waals surface area contributed by atoms with Gasteiger partial charge in [-0.25, -0.2) is 9.68 Å². The Labute approximate surface area is 244 Å². The molecular formula is C28H40N4O10. The molecule has 1 saturated heterocycles. The average molecular weight is 593 g/mol. The number of carbonyl (C=O) groups is 5. The Morgan fingerprint density at radius 1 is 1.05 bits per heavy atom. The molecule has 2 atom stereocenters. The van der Waals surface area contributed by atoms with Crippen LogP contribution in [0.15, 0.2) is 18.2 Å². The molecule has 14 heteroatoms. The zero-order valence-corrected chi connectivity index (χ0v) is 24.0. The number of hydrogen-bond acceptors (Lipinski definition) is 11. The summed E-state index contributed by atoms with van der Waals surface area (Å²) in [7, 11) is 0. The zero-order chi connectivity index (χ0) is 30.5. The van der Waals surface area contributed by atoms with Gasteiger partial charge < -0.3 is 15.2 Å². The van der Waals surface area contributed by atoms with Gasteiger partial charge in [-0.3, -0.25) is 34.7 Å². The van der Waals surface area contributed by atoms with Gasteiger partial charge in [-0.1, -0.05) is 57.1 Å². The van der Waals surface area contributed by atoms with Gasteiger partial charge in [0.1, 0.15) is 6.04 Å². The van der Waals surface area contributed by atoms with Crippen LogP contribution in [0, 0.1) is 5.92 Å². The number of piperidine rings is 1.